The Labute approximate surface area is 116 Å². The Morgan fingerprint density at radius 1 is 1.42 bits per heavy atom. The Kier molecular flexibility index (Phi) is 4.97. The second-order valence-electron chi connectivity index (χ2n) is 5.63. The molecule has 1 saturated heterocycles. The molecule has 0 radical (unpaired) electrons. The second kappa shape index (κ2) is 6.51. The lowest BCUT2D eigenvalue weighted by atomic mass is 9.99. The largest absolute Gasteiger partial charge is 0.376 e. The van der Waals surface area contributed by atoms with E-state index < -0.39 is 0 Å². The fourth-order valence-electron chi connectivity index (χ4n) is 2.73. The number of hydrogen-bond acceptors (Lipinski definition) is 3. The first-order chi connectivity index (χ1) is 9.10. The summed E-state index contributed by atoms with van der Waals surface area (Å²) in [6.07, 6.45) is 1.45. The maximum absolute atomic E-state index is 6.40. The van der Waals surface area contributed by atoms with E-state index in [1.807, 2.05) is 0 Å². The van der Waals surface area contributed by atoms with Crippen molar-refractivity contribution in [3.8, 4) is 0 Å². The van der Waals surface area contributed by atoms with Crippen molar-refractivity contribution in [1.82, 2.24) is 4.90 Å². The van der Waals surface area contributed by atoms with Crippen molar-refractivity contribution >= 4 is 0 Å². The van der Waals surface area contributed by atoms with Crippen LogP contribution in [-0.2, 0) is 4.74 Å². The third kappa shape index (κ3) is 3.78. The summed E-state index contributed by atoms with van der Waals surface area (Å²) in [7, 11) is 0. The molecule has 2 unspecified atom stereocenters. The van der Waals surface area contributed by atoms with Gasteiger partial charge in [-0.05, 0) is 31.4 Å². The molecule has 0 amide bonds. The lowest BCUT2D eigenvalue weighted by Gasteiger charge is -2.34. The van der Waals surface area contributed by atoms with Gasteiger partial charge in [0.2, 0.25) is 0 Å². The molecule has 2 atom stereocenters. The highest BCUT2D eigenvalue weighted by molar-refractivity contribution is 5.33. The third-order valence-corrected chi connectivity index (χ3v) is 3.97. The summed E-state index contributed by atoms with van der Waals surface area (Å²) in [5, 5.41) is 0. The van der Waals surface area contributed by atoms with E-state index in [0.29, 0.717) is 6.10 Å². The first kappa shape index (κ1) is 14.5. The van der Waals surface area contributed by atoms with Crippen LogP contribution in [0.3, 0.4) is 0 Å². The van der Waals surface area contributed by atoms with E-state index in [1.54, 1.807) is 0 Å². The number of morpholine rings is 1. The summed E-state index contributed by atoms with van der Waals surface area (Å²) >= 11 is 0. The smallest absolute Gasteiger partial charge is 0.0700 e. The van der Waals surface area contributed by atoms with Gasteiger partial charge in [0.25, 0.3) is 0 Å². The van der Waals surface area contributed by atoms with E-state index in [1.165, 1.54) is 16.7 Å². The lowest BCUT2D eigenvalue weighted by Crippen LogP contribution is -2.45. The minimum Gasteiger partial charge on any atom is -0.376 e. The zero-order chi connectivity index (χ0) is 13.8. The summed E-state index contributed by atoms with van der Waals surface area (Å²) < 4.78 is 5.70. The van der Waals surface area contributed by atoms with Crippen LogP contribution in [0, 0.1) is 13.8 Å². The molecule has 1 fully saturated rings. The summed E-state index contributed by atoms with van der Waals surface area (Å²) in [4.78, 5) is 2.43. The van der Waals surface area contributed by atoms with Gasteiger partial charge in [-0.1, -0.05) is 30.7 Å². The molecular formula is C16H26N2O. The SMILES string of the molecule is CCC1CN(CC(N)c2cc(C)ccc2C)CCO1. The minimum atomic E-state index is 0.0931. The van der Waals surface area contributed by atoms with Gasteiger partial charge in [0.1, 0.15) is 0 Å². The van der Waals surface area contributed by atoms with Crippen LogP contribution in [0.25, 0.3) is 0 Å². The molecule has 1 heterocycles. The van der Waals surface area contributed by atoms with Crippen LogP contribution in [0.2, 0.25) is 0 Å². The fraction of sp³-hybridized carbons (Fsp3) is 0.625. The molecule has 1 aromatic carbocycles. The van der Waals surface area contributed by atoms with E-state index >= 15 is 0 Å². The van der Waals surface area contributed by atoms with Gasteiger partial charge in [0.05, 0.1) is 12.7 Å². The van der Waals surface area contributed by atoms with Gasteiger partial charge in [-0.25, -0.2) is 0 Å². The molecule has 2 N–H and O–H groups in total. The topological polar surface area (TPSA) is 38.5 Å². The average Bonchev–Trinajstić information content (AvgIpc) is 2.41. The zero-order valence-corrected chi connectivity index (χ0v) is 12.4. The molecule has 1 aliphatic rings. The normalized spacial score (nSPS) is 22.4. The highest BCUT2D eigenvalue weighted by atomic mass is 16.5. The van der Waals surface area contributed by atoms with Gasteiger partial charge >= 0.3 is 0 Å². The van der Waals surface area contributed by atoms with Crippen LogP contribution in [0.15, 0.2) is 18.2 Å². The third-order valence-electron chi connectivity index (χ3n) is 3.97. The van der Waals surface area contributed by atoms with E-state index in [2.05, 4.69) is 43.9 Å². The number of nitrogens with two attached hydrogens (primary N) is 1. The number of nitrogens with zero attached hydrogens (tertiary/aromatic N) is 1. The Bertz CT molecular complexity index is 419. The zero-order valence-electron chi connectivity index (χ0n) is 12.4. The van der Waals surface area contributed by atoms with Gasteiger partial charge in [-0.3, -0.25) is 4.90 Å². The predicted molar refractivity (Wildman–Crippen MR) is 79.3 cm³/mol. The molecule has 0 aliphatic carbocycles. The number of hydrogen-bond donors (Lipinski definition) is 1. The van der Waals surface area contributed by atoms with Crippen LogP contribution < -0.4 is 5.73 Å². The summed E-state index contributed by atoms with van der Waals surface area (Å²) in [6, 6.07) is 6.62. The number of aryl methyl sites for hydroxylation is 2. The van der Waals surface area contributed by atoms with Crippen molar-refractivity contribution in [2.75, 3.05) is 26.2 Å². The summed E-state index contributed by atoms with van der Waals surface area (Å²) in [6.45, 7) is 10.2. The van der Waals surface area contributed by atoms with E-state index in [0.717, 1.165) is 32.7 Å². The maximum atomic E-state index is 6.40. The van der Waals surface area contributed by atoms with Crippen LogP contribution in [0.5, 0.6) is 0 Å². The molecule has 3 nitrogen and oxygen atoms in total. The van der Waals surface area contributed by atoms with E-state index in [9.17, 15) is 0 Å². The molecule has 1 aliphatic heterocycles. The van der Waals surface area contributed by atoms with Crippen molar-refractivity contribution in [2.45, 2.75) is 39.3 Å². The Balaban J connectivity index is 2.00. The van der Waals surface area contributed by atoms with Crippen LogP contribution >= 0.6 is 0 Å². The monoisotopic (exact) mass is 262 g/mol. The highest BCUT2D eigenvalue weighted by Crippen LogP contribution is 2.19. The number of rotatable bonds is 4. The van der Waals surface area contributed by atoms with Crippen LogP contribution in [0.4, 0.5) is 0 Å². The first-order valence-electron chi connectivity index (χ1n) is 7.26. The second-order valence-corrected chi connectivity index (χ2v) is 5.63. The molecular weight excluding hydrogens is 236 g/mol. The van der Waals surface area contributed by atoms with Crippen molar-refractivity contribution in [3.05, 3.63) is 34.9 Å². The number of benzene rings is 1. The molecule has 1 aromatic rings. The Morgan fingerprint density at radius 3 is 2.95 bits per heavy atom. The lowest BCUT2D eigenvalue weighted by molar-refractivity contribution is -0.0312. The van der Waals surface area contributed by atoms with E-state index in [-0.39, 0.29) is 6.04 Å². The molecule has 2 rings (SSSR count). The van der Waals surface area contributed by atoms with Gasteiger partial charge in [-0.15, -0.1) is 0 Å². The summed E-state index contributed by atoms with van der Waals surface area (Å²) in [5.41, 5.74) is 10.2. The molecule has 0 aromatic heterocycles. The Hall–Kier alpha value is -0.900. The quantitative estimate of drug-likeness (QED) is 0.905. The van der Waals surface area contributed by atoms with E-state index in [4.69, 9.17) is 10.5 Å². The molecule has 0 saturated carbocycles. The summed E-state index contributed by atoms with van der Waals surface area (Å²) in [5.74, 6) is 0. The fourth-order valence-corrected chi connectivity index (χ4v) is 2.73. The van der Waals surface area contributed by atoms with Crippen LogP contribution in [-0.4, -0.2) is 37.2 Å². The standard InChI is InChI=1S/C16H26N2O/c1-4-14-10-18(7-8-19-14)11-16(17)15-9-12(2)5-6-13(15)3/h5-6,9,14,16H,4,7-8,10-11,17H2,1-3H3. The Morgan fingerprint density at radius 2 is 2.21 bits per heavy atom. The molecule has 106 valence electrons. The van der Waals surface area contributed by atoms with Gasteiger partial charge in [-0.2, -0.15) is 0 Å². The maximum Gasteiger partial charge on any atom is 0.0700 e. The first-order valence-corrected chi connectivity index (χ1v) is 7.26. The van der Waals surface area contributed by atoms with Gasteiger partial charge < -0.3 is 10.5 Å². The van der Waals surface area contributed by atoms with Crippen LogP contribution in [0.1, 0.15) is 36.1 Å². The molecule has 3 heteroatoms. The minimum absolute atomic E-state index is 0.0931. The number of ether oxygens (including phenoxy) is 1. The van der Waals surface area contributed by atoms with Gasteiger partial charge in [0, 0.05) is 25.7 Å². The molecule has 0 spiro atoms. The molecule has 0 bridgehead atoms. The average molecular weight is 262 g/mol. The highest BCUT2D eigenvalue weighted by Gasteiger charge is 2.21. The van der Waals surface area contributed by atoms with Crippen molar-refractivity contribution in [1.29, 1.82) is 0 Å². The molecule has 19 heavy (non-hydrogen) atoms. The van der Waals surface area contributed by atoms with Gasteiger partial charge in [0.15, 0.2) is 0 Å². The van der Waals surface area contributed by atoms with Crippen molar-refractivity contribution < 1.29 is 4.74 Å². The van der Waals surface area contributed by atoms with Crippen molar-refractivity contribution in [2.24, 2.45) is 5.73 Å². The predicted octanol–water partition coefficient (Wildman–Crippen LogP) is 2.41. The van der Waals surface area contributed by atoms with Crippen molar-refractivity contribution in [3.63, 3.8) is 0 Å².